The van der Waals surface area contributed by atoms with Crippen LogP contribution in [0.15, 0.2) is 47.0 Å². The lowest BCUT2D eigenvalue weighted by Crippen LogP contribution is -2.35. The fourth-order valence-corrected chi connectivity index (χ4v) is 3.25. The van der Waals surface area contributed by atoms with E-state index in [1.807, 2.05) is 0 Å². The van der Waals surface area contributed by atoms with Gasteiger partial charge in [-0.3, -0.25) is 4.79 Å². The van der Waals surface area contributed by atoms with Crippen LogP contribution in [-0.4, -0.2) is 22.6 Å². The largest absolute Gasteiger partial charge is 0.339 e. The van der Waals surface area contributed by atoms with E-state index in [2.05, 4.69) is 10.1 Å². The maximum atomic E-state index is 13.4. The maximum Gasteiger partial charge on any atom is 0.227 e. The minimum atomic E-state index is -0.338. The Balaban J connectivity index is 1.43. The van der Waals surface area contributed by atoms with Crippen LogP contribution < -0.4 is 4.90 Å². The Labute approximate surface area is 154 Å². The first-order valence-electron chi connectivity index (χ1n) is 8.77. The predicted molar refractivity (Wildman–Crippen MR) is 95.1 cm³/mol. The number of carbonyl (C=O) groups is 1. The average Bonchev–Trinajstić information content (AvgIpc) is 3.15. The van der Waals surface area contributed by atoms with E-state index in [1.165, 1.54) is 24.3 Å². The summed E-state index contributed by atoms with van der Waals surface area (Å²) >= 11 is 0. The van der Waals surface area contributed by atoms with Gasteiger partial charge in [0.25, 0.3) is 0 Å². The molecule has 5 nitrogen and oxygen atoms in total. The Bertz CT molecular complexity index is 970. The quantitative estimate of drug-likeness (QED) is 0.699. The van der Waals surface area contributed by atoms with Crippen molar-refractivity contribution in [3.05, 3.63) is 65.6 Å². The van der Waals surface area contributed by atoms with E-state index in [9.17, 15) is 13.6 Å². The molecule has 2 heterocycles. The van der Waals surface area contributed by atoms with Gasteiger partial charge in [-0.25, -0.2) is 8.78 Å². The van der Waals surface area contributed by atoms with Crippen molar-refractivity contribution in [2.45, 2.75) is 25.7 Å². The normalized spacial score (nSPS) is 13.5. The van der Waals surface area contributed by atoms with Crippen molar-refractivity contribution >= 4 is 11.6 Å². The van der Waals surface area contributed by atoms with Crippen LogP contribution in [0.25, 0.3) is 11.4 Å². The molecule has 2 aromatic carbocycles. The third-order valence-corrected chi connectivity index (χ3v) is 4.58. The summed E-state index contributed by atoms with van der Waals surface area (Å²) in [7, 11) is 0. The van der Waals surface area contributed by atoms with Gasteiger partial charge in [0, 0.05) is 30.6 Å². The topological polar surface area (TPSA) is 59.2 Å². The van der Waals surface area contributed by atoms with Gasteiger partial charge in [-0.2, -0.15) is 4.98 Å². The summed E-state index contributed by atoms with van der Waals surface area (Å²) in [6.07, 6.45) is 2.08. The molecule has 27 heavy (non-hydrogen) atoms. The molecule has 0 unspecified atom stereocenters. The molecule has 1 aliphatic heterocycles. The van der Waals surface area contributed by atoms with Gasteiger partial charge in [0.05, 0.1) is 0 Å². The SMILES string of the molecule is O=C(CCc1nc(-c2ccc(F)cc2)no1)N1CCCc2cc(F)ccc21. The number of halogens is 2. The Morgan fingerprint density at radius 3 is 2.70 bits per heavy atom. The van der Waals surface area contributed by atoms with Crippen LogP contribution in [-0.2, 0) is 17.6 Å². The zero-order chi connectivity index (χ0) is 18.8. The fourth-order valence-electron chi connectivity index (χ4n) is 3.25. The number of hydrogen-bond donors (Lipinski definition) is 0. The first kappa shape index (κ1) is 17.3. The van der Waals surface area contributed by atoms with E-state index in [1.54, 1.807) is 23.1 Å². The molecule has 1 aromatic heterocycles. The van der Waals surface area contributed by atoms with Crippen molar-refractivity contribution in [3.8, 4) is 11.4 Å². The van der Waals surface area contributed by atoms with Crippen molar-refractivity contribution in [1.82, 2.24) is 10.1 Å². The number of fused-ring (bicyclic) bond motifs is 1. The third-order valence-electron chi connectivity index (χ3n) is 4.58. The van der Waals surface area contributed by atoms with Crippen LogP contribution in [0, 0.1) is 11.6 Å². The molecule has 0 atom stereocenters. The zero-order valence-corrected chi connectivity index (χ0v) is 14.5. The lowest BCUT2D eigenvalue weighted by molar-refractivity contribution is -0.118. The van der Waals surface area contributed by atoms with E-state index in [-0.39, 0.29) is 24.0 Å². The highest BCUT2D eigenvalue weighted by molar-refractivity contribution is 5.94. The first-order valence-corrected chi connectivity index (χ1v) is 8.77. The molecular formula is C20H17F2N3O2. The van der Waals surface area contributed by atoms with Gasteiger partial charge >= 0.3 is 0 Å². The molecule has 0 N–H and O–H groups in total. The molecule has 0 saturated heterocycles. The predicted octanol–water partition coefficient (Wildman–Crippen LogP) is 3.93. The van der Waals surface area contributed by atoms with E-state index < -0.39 is 0 Å². The summed E-state index contributed by atoms with van der Waals surface area (Å²) < 4.78 is 31.6. The number of hydrogen-bond acceptors (Lipinski definition) is 4. The standard InChI is InChI=1S/C20H17F2N3O2/c21-15-5-3-13(4-6-15)20-23-18(27-24-20)9-10-19(26)25-11-1-2-14-12-16(22)7-8-17(14)25/h3-8,12H,1-2,9-11H2. The second-order valence-electron chi connectivity index (χ2n) is 6.44. The minimum Gasteiger partial charge on any atom is -0.339 e. The Morgan fingerprint density at radius 1 is 1.11 bits per heavy atom. The van der Waals surface area contributed by atoms with Crippen LogP contribution in [0.1, 0.15) is 24.3 Å². The second-order valence-corrected chi connectivity index (χ2v) is 6.44. The maximum absolute atomic E-state index is 13.4. The van der Waals surface area contributed by atoms with E-state index in [0.29, 0.717) is 30.2 Å². The van der Waals surface area contributed by atoms with Crippen molar-refractivity contribution < 1.29 is 18.1 Å². The highest BCUT2D eigenvalue weighted by Gasteiger charge is 2.23. The highest BCUT2D eigenvalue weighted by atomic mass is 19.1. The van der Waals surface area contributed by atoms with Gasteiger partial charge in [0.2, 0.25) is 17.6 Å². The lowest BCUT2D eigenvalue weighted by Gasteiger charge is -2.29. The molecule has 0 saturated carbocycles. The van der Waals surface area contributed by atoms with Crippen LogP contribution in [0.3, 0.4) is 0 Å². The number of anilines is 1. The fraction of sp³-hybridized carbons (Fsp3) is 0.250. The molecular weight excluding hydrogens is 352 g/mol. The van der Waals surface area contributed by atoms with Gasteiger partial charge < -0.3 is 9.42 Å². The van der Waals surface area contributed by atoms with Crippen LogP contribution in [0.5, 0.6) is 0 Å². The number of amides is 1. The smallest absolute Gasteiger partial charge is 0.227 e. The molecule has 0 spiro atoms. The van der Waals surface area contributed by atoms with Gasteiger partial charge in [0.15, 0.2) is 0 Å². The average molecular weight is 369 g/mol. The summed E-state index contributed by atoms with van der Waals surface area (Å²) in [5.74, 6) is 0.0105. The van der Waals surface area contributed by atoms with Crippen LogP contribution >= 0.6 is 0 Å². The van der Waals surface area contributed by atoms with Crippen molar-refractivity contribution in [1.29, 1.82) is 0 Å². The summed E-state index contributed by atoms with van der Waals surface area (Å²) in [6, 6.07) is 10.3. The monoisotopic (exact) mass is 369 g/mol. The van der Waals surface area contributed by atoms with Gasteiger partial charge in [-0.05, 0) is 60.9 Å². The summed E-state index contributed by atoms with van der Waals surface area (Å²) in [5.41, 5.74) is 2.26. The lowest BCUT2D eigenvalue weighted by atomic mass is 10.0. The molecule has 7 heteroatoms. The summed E-state index contributed by atoms with van der Waals surface area (Å²) in [6.45, 7) is 0.613. The molecule has 4 rings (SSSR count). The van der Waals surface area contributed by atoms with Crippen LogP contribution in [0.4, 0.5) is 14.5 Å². The van der Waals surface area contributed by atoms with E-state index in [4.69, 9.17) is 4.52 Å². The van der Waals surface area contributed by atoms with Crippen molar-refractivity contribution in [2.75, 3.05) is 11.4 Å². The Kier molecular flexibility index (Phi) is 4.66. The van der Waals surface area contributed by atoms with Crippen molar-refractivity contribution in [3.63, 3.8) is 0 Å². The molecule has 0 bridgehead atoms. The number of carbonyl (C=O) groups excluding carboxylic acids is 1. The van der Waals surface area contributed by atoms with Gasteiger partial charge in [-0.1, -0.05) is 5.16 Å². The third kappa shape index (κ3) is 3.72. The number of nitrogens with zero attached hydrogens (tertiary/aromatic N) is 3. The Morgan fingerprint density at radius 2 is 1.89 bits per heavy atom. The summed E-state index contributed by atoms with van der Waals surface area (Å²) in [4.78, 5) is 18.6. The zero-order valence-electron chi connectivity index (χ0n) is 14.5. The number of aryl methyl sites for hydroxylation is 2. The summed E-state index contributed by atoms with van der Waals surface area (Å²) in [5, 5.41) is 3.88. The number of benzene rings is 2. The van der Waals surface area contributed by atoms with Gasteiger partial charge in [0.1, 0.15) is 11.6 Å². The highest BCUT2D eigenvalue weighted by Crippen LogP contribution is 2.28. The van der Waals surface area contributed by atoms with E-state index in [0.717, 1.165) is 24.1 Å². The number of aromatic nitrogens is 2. The minimum absolute atomic E-state index is 0.0657. The first-order chi connectivity index (χ1) is 13.1. The Hall–Kier alpha value is -3.09. The molecule has 0 radical (unpaired) electrons. The van der Waals surface area contributed by atoms with Crippen LogP contribution in [0.2, 0.25) is 0 Å². The number of rotatable bonds is 4. The molecule has 0 aliphatic carbocycles. The van der Waals surface area contributed by atoms with Gasteiger partial charge in [-0.15, -0.1) is 0 Å². The molecule has 138 valence electrons. The molecule has 1 aliphatic rings. The molecule has 0 fully saturated rings. The second kappa shape index (κ2) is 7.26. The van der Waals surface area contributed by atoms with Crippen molar-refractivity contribution in [2.24, 2.45) is 0 Å². The molecule has 3 aromatic rings. The van der Waals surface area contributed by atoms with E-state index >= 15 is 0 Å². The molecule has 1 amide bonds.